The van der Waals surface area contributed by atoms with Crippen LogP contribution < -0.4 is 5.32 Å². The molecule has 1 atom stereocenters. The van der Waals surface area contributed by atoms with Gasteiger partial charge in [-0.2, -0.15) is 0 Å². The van der Waals surface area contributed by atoms with Crippen molar-refractivity contribution in [3.05, 3.63) is 41.8 Å². The number of aliphatic hydroxyl groups is 1. The van der Waals surface area contributed by atoms with Gasteiger partial charge < -0.3 is 14.9 Å². The van der Waals surface area contributed by atoms with E-state index in [-0.39, 0.29) is 35.6 Å². The average Bonchev–Trinajstić information content (AvgIpc) is 3.24. The Labute approximate surface area is 127 Å². The number of carbonyl (C=O) groups excluding carboxylic acids is 1. The van der Waals surface area contributed by atoms with Crippen LogP contribution in [-0.2, 0) is 0 Å². The van der Waals surface area contributed by atoms with Crippen LogP contribution in [0.25, 0.3) is 11.3 Å². The van der Waals surface area contributed by atoms with Crippen LogP contribution in [0.3, 0.4) is 0 Å². The minimum absolute atomic E-state index is 0.0285. The smallest absolute Gasteiger partial charge is 0.273 e. The van der Waals surface area contributed by atoms with Crippen LogP contribution in [-0.4, -0.2) is 28.8 Å². The highest BCUT2D eigenvalue weighted by Crippen LogP contribution is 2.34. The summed E-state index contributed by atoms with van der Waals surface area (Å²) in [6.07, 6.45) is 2.64. The molecular formula is C16H17FN2O3. The molecule has 1 amide bonds. The fourth-order valence-corrected chi connectivity index (χ4v) is 2.48. The zero-order valence-corrected chi connectivity index (χ0v) is 12.0. The monoisotopic (exact) mass is 304 g/mol. The molecule has 1 saturated carbocycles. The fourth-order valence-electron chi connectivity index (χ4n) is 2.48. The Kier molecular flexibility index (Phi) is 4.20. The summed E-state index contributed by atoms with van der Waals surface area (Å²) in [7, 11) is 0. The second kappa shape index (κ2) is 6.27. The van der Waals surface area contributed by atoms with Gasteiger partial charge in [-0.1, -0.05) is 17.3 Å². The number of aromatic nitrogens is 1. The zero-order chi connectivity index (χ0) is 15.5. The number of nitrogens with zero attached hydrogens (tertiary/aromatic N) is 1. The Hall–Kier alpha value is -2.21. The maximum absolute atomic E-state index is 13.7. The molecule has 1 heterocycles. The maximum Gasteiger partial charge on any atom is 0.273 e. The summed E-state index contributed by atoms with van der Waals surface area (Å²) in [6, 6.07) is 7.53. The predicted molar refractivity (Wildman–Crippen MR) is 77.6 cm³/mol. The van der Waals surface area contributed by atoms with Crippen molar-refractivity contribution in [2.24, 2.45) is 5.92 Å². The van der Waals surface area contributed by atoms with E-state index in [1.807, 2.05) is 0 Å². The van der Waals surface area contributed by atoms with Gasteiger partial charge in [0.1, 0.15) is 5.82 Å². The first kappa shape index (κ1) is 14.7. The molecule has 0 bridgehead atoms. The van der Waals surface area contributed by atoms with Crippen molar-refractivity contribution in [2.45, 2.75) is 25.3 Å². The van der Waals surface area contributed by atoms with Gasteiger partial charge in [-0.25, -0.2) is 4.39 Å². The molecule has 6 heteroatoms. The Morgan fingerprint density at radius 2 is 2.23 bits per heavy atom. The van der Waals surface area contributed by atoms with Crippen molar-refractivity contribution in [2.75, 3.05) is 6.61 Å². The van der Waals surface area contributed by atoms with E-state index in [0.29, 0.717) is 12.3 Å². The van der Waals surface area contributed by atoms with Crippen LogP contribution in [0, 0.1) is 11.7 Å². The third-order valence-corrected chi connectivity index (χ3v) is 3.83. The topological polar surface area (TPSA) is 75.4 Å². The number of halogens is 1. The Balaban J connectivity index is 1.73. The standard InChI is InChI=1S/C16H17FN2O3/c17-12-4-2-1-3-11(12)15-9-14(19-22-15)16(21)18-13(7-8-20)10-5-6-10/h1-4,9-10,13,20H,5-8H2,(H,18,21). The molecule has 0 aliphatic heterocycles. The molecule has 1 aliphatic carbocycles. The highest BCUT2D eigenvalue weighted by atomic mass is 19.1. The van der Waals surface area contributed by atoms with Gasteiger partial charge in [0.25, 0.3) is 5.91 Å². The van der Waals surface area contributed by atoms with E-state index < -0.39 is 5.82 Å². The summed E-state index contributed by atoms with van der Waals surface area (Å²) in [4.78, 5) is 12.2. The number of benzene rings is 1. The zero-order valence-electron chi connectivity index (χ0n) is 12.0. The van der Waals surface area contributed by atoms with E-state index in [0.717, 1.165) is 12.8 Å². The Morgan fingerprint density at radius 1 is 1.45 bits per heavy atom. The molecule has 1 aliphatic rings. The van der Waals surface area contributed by atoms with Gasteiger partial charge in [0, 0.05) is 18.7 Å². The quantitative estimate of drug-likeness (QED) is 0.859. The lowest BCUT2D eigenvalue weighted by atomic mass is 10.1. The van der Waals surface area contributed by atoms with E-state index >= 15 is 0 Å². The number of aliphatic hydroxyl groups excluding tert-OH is 1. The molecule has 1 aromatic carbocycles. The molecule has 0 spiro atoms. The maximum atomic E-state index is 13.7. The van der Waals surface area contributed by atoms with E-state index in [9.17, 15) is 9.18 Å². The molecule has 1 aromatic heterocycles. The van der Waals surface area contributed by atoms with Crippen molar-refractivity contribution in [1.29, 1.82) is 0 Å². The van der Waals surface area contributed by atoms with Gasteiger partial charge in [-0.05, 0) is 37.3 Å². The lowest BCUT2D eigenvalue weighted by molar-refractivity contribution is 0.0915. The van der Waals surface area contributed by atoms with Crippen molar-refractivity contribution >= 4 is 5.91 Å². The fraction of sp³-hybridized carbons (Fsp3) is 0.375. The molecule has 3 rings (SSSR count). The van der Waals surface area contributed by atoms with Crippen LogP contribution in [0.15, 0.2) is 34.9 Å². The van der Waals surface area contributed by atoms with E-state index in [2.05, 4.69) is 10.5 Å². The van der Waals surface area contributed by atoms with Crippen LogP contribution in [0.2, 0.25) is 0 Å². The Bertz CT molecular complexity index is 667. The van der Waals surface area contributed by atoms with Crippen molar-refractivity contribution < 1.29 is 18.8 Å². The number of rotatable bonds is 6. The van der Waals surface area contributed by atoms with Gasteiger partial charge >= 0.3 is 0 Å². The molecule has 0 radical (unpaired) electrons. The molecule has 2 N–H and O–H groups in total. The predicted octanol–water partition coefficient (Wildman–Crippen LogP) is 2.37. The molecule has 116 valence electrons. The summed E-state index contributed by atoms with van der Waals surface area (Å²) in [6.45, 7) is 0.0285. The summed E-state index contributed by atoms with van der Waals surface area (Å²) in [5, 5.41) is 15.6. The number of amides is 1. The molecule has 1 unspecified atom stereocenters. The van der Waals surface area contributed by atoms with Crippen molar-refractivity contribution in [1.82, 2.24) is 10.5 Å². The van der Waals surface area contributed by atoms with Crippen LogP contribution in [0.4, 0.5) is 4.39 Å². The number of hydrogen-bond acceptors (Lipinski definition) is 4. The molecule has 5 nitrogen and oxygen atoms in total. The summed E-state index contributed by atoms with van der Waals surface area (Å²) in [5.41, 5.74) is 0.380. The first-order valence-electron chi connectivity index (χ1n) is 7.32. The number of nitrogens with one attached hydrogen (secondary N) is 1. The van der Waals surface area contributed by atoms with Gasteiger partial charge in [0.2, 0.25) is 0 Å². The largest absolute Gasteiger partial charge is 0.396 e. The SMILES string of the molecule is O=C(NC(CCO)C1CC1)c1cc(-c2ccccc2F)on1. The lowest BCUT2D eigenvalue weighted by Gasteiger charge is -2.15. The highest BCUT2D eigenvalue weighted by molar-refractivity contribution is 5.93. The van der Waals surface area contributed by atoms with E-state index in [1.54, 1.807) is 18.2 Å². The van der Waals surface area contributed by atoms with Crippen LogP contribution in [0.1, 0.15) is 29.8 Å². The first-order valence-corrected chi connectivity index (χ1v) is 7.32. The van der Waals surface area contributed by atoms with Crippen LogP contribution >= 0.6 is 0 Å². The first-order chi connectivity index (χ1) is 10.7. The van der Waals surface area contributed by atoms with Gasteiger partial charge in [-0.15, -0.1) is 0 Å². The molecule has 2 aromatic rings. The van der Waals surface area contributed by atoms with Gasteiger partial charge in [0.15, 0.2) is 11.5 Å². The normalized spacial score (nSPS) is 15.5. The second-order valence-electron chi connectivity index (χ2n) is 5.49. The molecular weight excluding hydrogens is 287 g/mol. The number of hydrogen-bond donors (Lipinski definition) is 2. The highest BCUT2D eigenvalue weighted by Gasteiger charge is 2.32. The van der Waals surface area contributed by atoms with Gasteiger partial charge in [0.05, 0.1) is 5.56 Å². The minimum Gasteiger partial charge on any atom is -0.396 e. The summed E-state index contributed by atoms with van der Waals surface area (Å²) >= 11 is 0. The van der Waals surface area contributed by atoms with E-state index in [1.165, 1.54) is 12.1 Å². The van der Waals surface area contributed by atoms with E-state index in [4.69, 9.17) is 9.63 Å². The molecule has 0 saturated heterocycles. The van der Waals surface area contributed by atoms with Crippen molar-refractivity contribution in [3.63, 3.8) is 0 Å². The molecule has 1 fully saturated rings. The minimum atomic E-state index is -0.429. The average molecular weight is 304 g/mol. The van der Waals surface area contributed by atoms with Gasteiger partial charge in [-0.3, -0.25) is 4.79 Å². The van der Waals surface area contributed by atoms with Crippen LogP contribution in [0.5, 0.6) is 0 Å². The lowest BCUT2D eigenvalue weighted by Crippen LogP contribution is -2.37. The second-order valence-corrected chi connectivity index (χ2v) is 5.49. The summed E-state index contributed by atoms with van der Waals surface area (Å²) < 4.78 is 18.8. The number of carbonyl (C=O) groups is 1. The third kappa shape index (κ3) is 3.17. The summed E-state index contributed by atoms with van der Waals surface area (Å²) in [5.74, 6) is -0.152. The van der Waals surface area contributed by atoms with Crippen molar-refractivity contribution in [3.8, 4) is 11.3 Å². The molecule has 22 heavy (non-hydrogen) atoms. The third-order valence-electron chi connectivity index (χ3n) is 3.83. The Morgan fingerprint density at radius 3 is 2.91 bits per heavy atom.